The van der Waals surface area contributed by atoms with Gasteiger partial charge < -0.3 is 10.1 Å². The molecule has 4 heteroatoms. The molecule has 0 amide bonds. The van der Waals surface area contributed by atoms with Crippen molar-refractivity contribution in [1.82, 2.24) is 10.3 Å². The lowest BCUT2D eigenvalue weighted by atomic mass is 10.1. The van der Waals surface area contributed by atoms with Crippen LogP contribution in [0.3, 0.4) is 0 Å². The van der Waals surface area contributed by atoms with E-state index in [9.17, 15) is 0 Å². The van der Waals surface area contributed by atoms with Crippen LogP contribution in [0.15, 0.2) is 29.6 Å². The van der Waals surface area contributed by atoms with Gasteiger partial charge in [0.1, 0.15) is 17.4 Å². The average Bonchev–Trinajstić information content (AvgIpc) is 2.93. The Kier molecular flexibility index (Phi) is 6.21. The van der Waals surface area contributed by atoms with E-state index in [0.29, 0.717) is 12.5 Å². The van der Waals surface area contributed by atoms with Crippen molar-refractivity contribution in [2.45, 2.75) is 40.3 Å². The molecule has 1 aromatic heterocycles. The molecule has 0 fully saturated rings. The normalized spacial score (nSPS) is 11.0. The summed E-state index contributed by atoms with van der Waals surface area (Å²) < 4.78 is 5.89. The fraction of sp³-hybridized carbons (Fsp3) is 0.471. The van der Waals surface area contributed by atoms with E-state index in [1.165, 1.54) is 5.56 Å². The first-order chi connectivity index (χ1) is 10.2. The summed E-state index contributed by atoms with van der Waals surface area (Å²) in [6, 6.07) is 8.19. The van der Waals surface area contributed by atoms with Crippen LogP contribution in [0.1, 0.15) is 37.0 Å². The van der Waals surface area contributed by atoms with Gasteiger partial charge in [-0.05, 0) is 30.5 Å². The number of aromatic nitrogens is 1. The molecule has 1 N–H and O–H groups in total. The minimum Gasteiger partial charge on any atom is -0.487 e. The Hall–Kier alpha value is -1.39. The minimum absolute atomic E-state index is 0.539. The van der Waals surface area contributed by atoms with Crippen LogP contribution >= 0.6 is 11.3 Å². The SMILES string of the molecule is CCc1ccccc1OCc1csc(CNCC(C)C)n1. The van der Waals surface area contributed by atoms with Crippen LogP contribution in [0.4, 0.5) is 0 Å². The molecule has 0 aliphatic carbocycles. The van der Waals surface area contributed by atoms with E-state index in [1.54, 1.807) is 11.3 Å². The fourth-order valence-corrected chi connectivity index (χ4v) is 2.80. The standard InChI is InChI=1S/C17H24N2OS/c1-4-14-7-5-6-8-16(14)20-11-15-12-21-17(19-15)10-18-9-13(2)3/h5-8,12-13,18H,4,9-11H2,1-3H3. The second-order valence-corrected chi connectivity index (χ2v) is 6.45. The molecule has 0 radical (unpaired) electrons. The molecular weight excluding hydrogens is 280 g/mol. The molecule has 1 aromatic carbocycles. The van der Waals surface area contributed by atoms with Gasteiger partial charge in [0.05, 0.1) is 5.69 Å². The molecule has 0 bridgehead atoms. The predicted molar refractivity (Wildman–Crippen MR) is 88.8 cm³/mol. The lowest BCUT2D eigenvalue weighted by Crippen LogP contribution is -2.18. The first-order valence-corrected chi connectivity index (χ1v) is 8.41. The van der Waals surface area contributed by atoms with E-state index < -0.39 is 0 Å². The van der Waals surface area contributed by atoms with Crippen molar-refractivity contribution in [3.8, 4) is 5.75 Å². The summed E-state index contributed by atoms with van der Waals surface area (Å²) in [6.45, 7) is 8.96. The second-order valence-electron chi connectivity index (χ2n) is 5.51. The van der Waals surface area contributed by atoms with Gasteiger partial charge in [-0.3, -0.25) is 0 Å². The third-order valence-corrected chi connectivity index (χ3v) is 4.05. The van der Waals surface area contributed by atoms with E-state index in [-0.39, 0.29) is 0 Å². The summed E-state index contributed by atoms with van der Waals surface area (Å²) in [5.41, 5.74) is 2.25. The number of thiazole rings is 1. The molecule has 0 atom stereocenters. The maximum atomic E-state index is 5.89. The zero-order valence-electron chi connectivity index (χ0n) is 13.1. The van der Waals surface area contributed by atoms with E-state index in [4.69, 9.17) is 4.74 Å². The van der Waals surface area contributed by atoms with E-state index in [0.717, 1.165) is 36.0 Å². The van der Waals surface area contributed by atoms with E-state index >= 15 is 0 Å². The van der Waals surface area contributed by atoms with Gasteiger partial charge in [0, 0.05) is 11.9 Å². The van der Waals surface area contributed by atoms with Crippen molar-refractivity contribution in [3.05, 3.63) is 45.9 Å². The molecule has 114 valence electrons. The number of benzene rings is 1. The molecule has 2 aromatic rings. The lowest BCUT2D eigenvalue weighted by molar-refractivity contribution is 0.299. The van der Waals surface area contributed by atoms with Crippen molar-refractivity contribution in [2.24, 2.45) is 5.92 Å². The van der Waals surface area contributed by atoms with Crippen LogP contribution in [0, 0.1) is 5.92 Å². The van der Waals surface area contributed by atoms with Gasteiger partial charge in [-0.15, -0.1) is 11.3 Å². The molecule has 1 heterocycles. The first-order valence-electron chi connectivity index (χ1n) is 7.53. The van der Waals surface area contributed by atoms with Gasteiger partial charge in [0.15, 0.2) is 0 Å². The monoisotopic (exact) mass is 304 g/mol. The molecule has 0 aliphatic rings. The molecule has 0 saturated heterocycles. The Morgan fingerprint density at radius 2 is 2.10 bits per heavy atom. The Balaban J connectivity index is 1.85. The number of hydrogen-bond donors (Lipinski definition) is 1. The van der Waals surface area contributed by atoms with Crippen LogP contribution in [0.2, 0.25) is 0 Å². The number of rotatable bonds is 8. The van der Waals surface area contributed by atoms with Gasteiger partial charge >= 0.3 is 0 Å². The quantitative estimate of drug-likeness (QED) is 0.799. The molecule has 0 spiro atoms. The smallest absolute Gasteiger partial charge is 0.131 e. The van der Waals surface area contributed by atoms with E-state index in [2.05, 4.69) is 42.5 Å². The summed E-state index contributed by atoms with van der Waals surface area (Å²) in [5.74, 6) is 1.63. The number of nitrogens with zero attached hydrogens (tertiary/aromatic N) is 1. The van der Waals surface area contributed by atoms with Gasteiger partial charge in [-0.1, -0.05) is 39.0 Å². The Bertz CT molecular complexity index is 551. The van der Waals surface area contributed by atoms with Crippen LogP contribution in [0.5, 0.6) is 5.75 Å². The molecule has 3 nitrogen and oxygen atoms in total. The number of hydrogen-bond acceptors (Lipinski definition) is 4. The van der Waals surface area contributed by atoms with Crippen molar-refractivity contribution in [3.63, 3.8) is 0 Å². The van der Waals surface area contributed by atoms with Crippen molar-refractivity contribution < 1.29 is 4.74 Å². The van der Waals surface area contributed by atoms with Crippen molar-refractivity contribution in [1.29, 1.82) is 0 Å². The number of aryl methyl sites for hydroxylation is 1. The summed E-state index contributed by atoms with van der Waals surface area (Å²) in [5, 5.41) is 6.62. The minimum atomic E-state index is 0.539. The van der Waals surface area contributed by atoms with Gasteiger partial charge in [0.25, 0.3) is 0 Å². The largest absolute Gasteiger partial charge is 0.487 e. The zero-order chi connectivity index (χ0) is 15.1. The first kappa shape index (κ1) is 16.0. The molecule has 0 aliphatic heterocycles. The summed E-state index contributed by atoms with van der Waals surface area (Å²) in [6.07, 6.45) is 0.984. The maximum Gasteiger partial charge on any atom is 0.131 e. The Morgan fingerprint density at radius 1 is 1.29 bits per heavy atom. The van der Waals surface area contributed by atoms with Crippen LogP contribution in [-0.2, 0) is 19.6 Å². The van der Waals surface area contributed by atoms with Gasteiger partial charge in [-0.2, -0.15) is 0 Å². The highest BCUT2D eigenvalue weighted by atomic mass is 32.1. The molecule has 0 saturated carbocycles. The highest BCUT2D eigenvalue weighted by molar-refractivity contribution is 7.09. The maximum absolute atomic E-state index is 5.89. The fourth-order valence-electron chi connectivity index (χ4n) is 2.05. The van der Waals surface area contributed by atoms with Gasteiger partial charge in [0.2, 0.25) is 0 Å². The van der Waals surface area contributed by atoms with Crippen molar-refractivity contribution >= 4 is 11.3 Å². The average molecular weight is 304 g/mol. The van der Waals surface area contributed by atoms with Gasteiger partial charge in [-0.25, -0.2) is 4.98 Å². The lowest BCUT2D eigenvalue weighted by Gasteiger charge is -2.08. The molecular formula is C17H24N2OS. The summed E-state index contributed by atoms with van der Waals surface area (Å²) in [4.78, 5) is 4.61. The number of para-hydroxylation sites is 1. The predicted octanol–water partition coefficient (Wildman–Crippen LogP) is 4.03. The highest BCUT2D eigenvalue weighted by Gasteiger charge is 2.05. The van der Waals surface area contributed by atoms with Crippen LogP contribution in [-0.4, -0.2) is 11.5 Å². The van der Waals surface area contributed by atoms with Crippen LogP contribution in [0.25, 0.3) is 0 Å². The summed E-state index contributed by atoms with van der Waals surface area (Å²) >= 11 is 1.69. The third kappa shape index (κ3) is 5.14. The number of nitrogens with one attached hydrogen (secondary N) is 1. The number of ether oxygens (including phenoxy) is 1. The van der Waals surface area contributed by atoms with Crippen LogP contribution < -0.4 is 10.1 Å². The molecule has 2 rings (SSSR count). The Labute approximate surface area is 131 Å². The zero-order valence-corrected chi connectivity index (χ0v) is 13.9. The molecule has 0 unspecified atom stereocenters. The van der Waals surface area contributed by atoms with Crippen molar-refractivity contribution in [2.75, 3.05) is 6.54 Å². The summed E-state index contributed by atoms with van der Waals surface area (Å²) in [7, 11) is 0. The third-order valence-electron chi connectivity index (χ3n) is 3.16. The molecule has 21 heavy (non-hydrogen) atoms. The highest BCUT2D eigenvalue weighted by Crippen LogP contribution is 2.20. The topological polar surface area (TPSA) is 34.1 Å². The Morgan fingerprint density at radius 3 is 2.86 bits per heavy atom. The second kappa shape index (κ2) is 8.15. The van der Waals surface area contributed by atoms with E-state index in [1.807, 2.05) is 18.2 Å².